The average Bonchev–Trinajstić information content (AvgIpc) is 2.54. The van der Waals surface area contributed by atoms with Crippen LogP contribution in [0.2, 0.25) is 0 Å². The van der Waals surface area contributed by atoms with E-state index in [0.29, 0.717) is 13.2 Å². The lowest BCUT2D eigenvalue weighted by molar-refractivity contribution is 0.261. The highest BCUT2D eigenvalue weighted by Crippen LogP contribution is 2.27. The molecule has 0 aliphatic rings. The van der Waals surface area contributed by atoms with Gasteiger partial charge in [-0.05, 0) is 36.6 Å². The number of ether oxygens (including phenoxy) is 2. The summed E-state index contributed by atoms with van der Waals surface area (Å²) in [4.78, 5) is 0. The van der Waals surface area contributed by atoms with Crippen molar-refractivity contribution in [3.63, 3.8) is 0 Å². The fourth-order valence-electron chi connectivity index (χ4n) is 2.12. The SMILES string of the molecule is CCOc1ccccc1OCC(N)c1ccc(CC)cc1. The Bertz CT molecular complexity index is 551. The maximum absolute atomic E-state index is 6.19. The van der Waals surface area contributed by atoms with Gasteiger partial charge in [0.15, 0.2) is 11.5 Å². The Morgan fingerprint density at radius 3 is 2.10 bits per heavy atom. The van der Waals surface area contributed by atoms with Crippen molar-refractivity contribution in [1.29, 1.82) is 0 Å². The van der Waals surface area contributed by atoms with Crippen molar-refractivity contribution in [3.8, 4) is 11.5 Å². The summed E-state index contributed by atoms with van der Waals surface area (Å²) in [5.41, 5.74) is 8.59. The molecule has 0 saturated carbocycles. The standard InChI is InChI=1S/C18H23NO2/c1-3-14-9-11-15(12-10-14)16(19)13-21-18-8-6-5-7-17(18)20-4-2/h5-12,16H,3-4,13,19H2,1-2H3. The van der Waals surface area contributed by atoms with Gasteiger partial charge in [-0.3, -0.25) is 0 Å². The van der Waals surface area contributed by atoms with Crippen LogP contribution in [0, 0.1) is 0 Å². The molecule has 0 bridgehead atoms. The zero-order chi connectivity index (χ0) is 15.1. The van der Waals surface area contributed by atoms with E-state index in [4.69, 9.17) is 15.2 Å². The first-order valence-electron chi connectivity index (χ1n) is 7.43. The Balaban J connectivity index is 1.98. The third-order valence-electron chi connectivity index (χ3n) is 3.38. The van der Waals surface area contributed by atoms with E-state index in [1.165, 1.54) is 5.56 Å². The number of aryl methyl sites for hydroxylation is 1. The number of para-hydroxylation sites is 2. The summed E-state index contributed by atoms with van der Waals surface area (Å²) in [7, 11) is 0. The molecule has 0 fully saturated rings. The Hall–Kier alpha value is -2.00. The van der Waals surface area contributed by atoms with Gasteiger partial charge in [0.1, 0.15) is 6.61 Å². The molecule has 0 spiro atoms. The highest BCUT2D eigenvalue weighted by molar-refractivity contribution is 5.39. The fraction of sp³-hybridized carbons (Fsp3) is 0.333. The van der Waals surface area contributed by atoms with Gasteiger partial charge in [-0.15, -0.1) is 0 Å². The van der Waals surface area contributed by atoms with Crippen LogP contribution in [0.3, 0.4) is 0 Å². The summed E-state index contributed by atoms with van der Waals surface area (Å²) in [6.45, 7) is 5.14. The van der Waals surface area contributed by atoms with Gasteiger partial charge in [0, 0.05) is 0 Å². The summed E-state index contributed by atoms with van der Waals surface area (Å²) in [5.74, 6) is 1.49. The van der Waals surface area contributed by atoms with Crippen LogP contribution in [0.5, 0.6) is 11.5 Å². The third-order valence-corrected chi connectivity index (χ3v) is 3.38. The lowest BCUT2D eigenvalue weighted by atomic mass is 10.1. The molecule has 0 aliphatic heterocycles. The molecule has 1 unspecified atom stereocenters. The monoisotopic (exact) mass is 285 g/mol. The first-order valence-corrected chi connectivity index (χ1v) is 7.43. The highest BCUT2D eigenvalue weighted by atomic mass is 16.5. The molecular formula is C18H23NO2. The van der Waals surface area contributed by atoms with Crippen molar-refractivity contribution in [1.82, 2.24) is 0 Å². The van der Waals surface area contributed by atoms with Crippen LogP contribution in [0.15, 0.2) is 48.5 Å². The second kappa shape index (κ2) is 7.70. The molecule has 0 saturated heterocycles. The molecule has 3 nitrogen and oxygen atoms in total. The number of rotatable bonds is 7. The molecule has 0 heterocycles. The Morgan fingerprint density at radius 2 is 1.52 bits per heavy atom. The summed E-state index contributed by atoms with van der Waals surface area (Å²) >= 11 is 0. The molecular weight excluding hydrogens is 262 g/mol. The smallest absolute Gasteiger partial charge is 0.161 e. The molecule has 0 aliphatic carbocycles. The Kier molecular flexibility index (Phi) is 5.64. The molecule has 1 atom stereocenters. The summed E-state index contributed by atoms with van der Waals surface area (Å²) < 4.78 is 11.4. The van der Waals surface area contributed by atoms with Gasteiger partial charge >= 0.3 is 0 Å². The minimum atomic E-state index is -0.148. The van der Waals surface area contributed by atoms with Gasteiger partial charge in [0.2, 0.25) is 0 Å². The van der Waals surface area contributed by atoms with Crippen LogP contribution in [0.1, 0.15) is 31.0 Å². The van der Waals surface area contributed by atoms with E-state index in [0.717, 1.165) is 23.5 Å². The van der Waals surface area contributed by atoms with E-state index >= 15 is 0 Å². The molecule has 2 rings (SSSR count). The molecule has 2 N–H and O–H groups in total. The lowest BCUT2D eigenvalue weighted by Gasteiger charge is -2.16. The van der Waals surface area contributed by atoms with Crippen molar-refractivity contribution in [2.45, 2.75) is 26.3 Å². The molecule has 112 valence electrons. The molecule has 0 radical (unpaired) electrons. The number of hydrogen-bond donors (Lipinski definition) is 1. The molecule has 21 heavy (non-hydrogen) atoms. The normalized spacial score (nSPS) is 12.0. The number of nitrogens with two attached hydrogens (primary N) is 1. The zero-order valence-corrected chi connectivity index (χ0v) is 12.7. The van der Waals surface area contributed by atoms with Crippen LogP contribution in [-0.2, 0) is 6.42 Å². The van der Waals surface area contributed by atoms with Gasteiger partial charge in [0.25, 0.3) is 0 Å². The maximum atomic E-state index is 6.19. The van der Waals surface area contributed by atoms with Gasteiger partial charge in [0.05, 0.1) is 12.6 Å². The van der Waals surface area contributed by atoms with E-state index in [1.54, 1.807) is 0 Å². The number of benzene rings is 2. The van der Waals surface area contributed by atoms with E-state index < -0.39 is 0 Å². The van der Waals surface area contributed by atoms with Crippen molar-refractivity contribution < 1.29 is 9.47 Å². The van der Waals surface area contributed by atoms with Crippen molar-refractivity contribution in [2.75, 3.05) is 13.2 Å². The number of hydrogen-bond acceptors (Lipinski definition) is 3. The first kappa shape index (κ1) is 15.4. The quantitative estimate of drug-likeness (QED) is 0.843. The minimum absolute atomic E-state index is 0.148. The van der Waals surface area contributed by atoms with Crippen LogP contribution < -0.4 is 15.2 Å². The predicted molar refractivity (Wildman–Crippen MR) is 85.9 cm³/mol. The maximum Gasteiger partial charge on any atom is 0.161 e. The van der Waals surface area contributed by atoms with E-state index in [-0.39, 0.29) is 6.04 Å². The summed E-state index contributed by atoms with van der Waals surface area (Å²) in [5, 5.41) is 0. The van der Waals surface area contributed by atoms with Gasteiger partial charge in [-0.1, -0.05) is 43.3 Å². The van der Waals surface area contributed by atoms with Crippen LogP contribution in [-0.4, -0.2) is 13.2 Å². The minimum Gasteiger partial charge on any atom is -0.490 e. The molecule has 2 aromatic rings. The fourth-order valence-corrected chi connectivity index (χ4v) is 2.12. The second-order valence-corrected chi connectivity index (χ2v) is 4.89. The Morgan fingerprint density at radius 1 is 0.905 bits per heavy atom. The van der Waals surface area contributed by atoms with Gasteiger partial charge in [-0.25, -0.2) is 0 Å². The van der Waals surface area contributed by atoms with Crippen LogP contribution in [0.25, 0.3) is 0 Å². The van der Waals surface area contributed by atoms with Crippen molar-refractivity contribution >= 4 is 0 Å². The topological polar surface area (TPSA) is 44.5 Å². The largest absolute Gasteiger partial charge is 0.490 e. The van der Waals surface area contributed by atoms with Crippen LogP contribution >= 0.6 is 0 Å². The van der Waals surface area contributed by atoms with Gasteiger partial charge < -0.3 is 15.2 Å². The van der Waals surface area contributed by atoms with E-state index in [1.807, 2.05) is 31.2 Å². The Labute approximate surface area is 126 Å². The molecule has 0 aromatic heterocycles. The molecule has 2 aromatic carbocycles. The molecule has 3 heteroatoms. The van der Waals surface area contributed by atoms with Crippen molar-refractivity contribution in [3.05, 3.63) is 59.7 Å². The van der Waals surface area contributed by atoms with Crippen molar-refractivity contribution in [2.24, 2.45) is 5.73 Å². The molecule has 0 amide bonds. The summed E-state index contributed by atoms with van der Waals surface area (Å²) in [6, 6.07) is 15.9. The highest BCUT2D eigenvalue weighted by Gasteiger charge is 2.09. The second-order valence-electron chi connectivity index (χ2n) is 4.89. The lowest BCUT2D eigenvalue weighted by Crippen LogP contribution is -2.19. The van der Waals surface area contributed by atoms with Crippen LogP contribution in [0.4, 0.5) is 0 Å². The first-order chi connectivity index (χ1) is 10.2. The average molecular weight is 285 g/mol. The van der Waals surface area contributed by atoms with E-state index in [2.05, 4.69) is 31.2 Å². The van der Waals surface area contributed by atoms with E-state index in [9.17, 15) is 0 Å². The summed E-state index contributed by atoms with van der Waals surface area (Å²) in [6.07, 6.45) is 1.04. The zero-order valence-electron chi connectivity index (χ0n) is 12.7. The third kappa shape index (κ3) is 4.23. The van der Waals surface area contributed by atoms with Gasteiger partial charge in [-0.2, -0.15) is 0 Å². The predicted octanol–water partition coefficient (Wildman–Crippen LogP) is 3.73.